The molecule has 0 unspecified atom stereocenters. The molecule has 128 valence electrons. The number of furan rings is 1. The van der Waals surface area contributed by atoms with Gasteiger partial charge in [0, 0.05) is 24.0 Å². The van der Waals surface area contributed by atoms with Gasteiger partial charge in [-0.3, -0.25) is 9.59 Å². The van der Waals surface area contributed by atoms with E-state index in [1.807, 2.05) is 25.5 Å². The van der Waals surface area contributed by atoms with Crippen molar-refractivity contribution in [3.05, 3.63) is 47.2 Å². The minimum atomic E-state index is -0.894. The second kappa shape index (κ2) is 7.16. The highest BCUT2D eigenvalue weighted by Gasteiger charge is 2.21. The first-order valence-electron chi connectivity index (χ1n) is 7.48. The van der Waals surface area contributed by atoms with E-state index in [2.05, 4.69) is 5.32 Å². The predicted molar refractivity (Wildman–Crippen MR) is 85.8 cm³/mol. The number of carbonyl (C=O) groups excluding carboxylic acids is 3. The summed E-state index contributed by atoms with van der Waals surface area (Å²) in [6, 6.07) is 3.92. The quantitative estimate of drug-likeness (QED) is 0.643. The molecule has 7 nitrogen and oxygen atoms in total. The Labute approximate surface area is 139 Å². The molecule has 1 N–H and O–H groups in total. The fourth-order valence-corrected chi connectivity index (χ4v) is 2.21. The topological polar surface area (TPSA) is 90.5 Å². The Morgan fingerprint density at radius 1 is 1.33 bits per heavy atom. The first-order chi connectivity index (χ1) is 11.3. The lowest BCUT2D eigenvalue weighted by Gasteiger charge is -2.12. The molecule has 0 aliphatic heterocycles. The molecule has 0 saturated carbocycles. The largest absolute Gasteiger partial charge is 0.459 e. The molecule has 0 saturated heterocycles. The third-order valence-electron chi connectivity index (χ3n) is 3.87. The van der Waals surface area contributed by atoms with Crippen LogP contribution in [0, 0.1) is 13.8 Å². The van der Waals surface area contributed by atoms with Gasteiger partial charge in [0.2, 0.25) is 5.78 Å². The summed E-state index contributed by atoms with van der Waals surface area (Å²) in [6.07, 6.45) is 1.36. The first kappa shape index (κ1) is 17.5. The molecule has 0 aliphatic rings. The molecule has 0 spiro atoms. The van der Waals surface area contributed by atoms with Crippen LogP contribution >= 0.6 is 0 Å². The lowest BCUT2D eigenvalue weighted by molar-refractivity contribution is -0.144. The van der Waals surface area contributed by atoms with Crippen molar-refractivity contribution in [2.24, 2.45) is 7.05 Å². The molecule has 0 bridgehead atoms. The lowest BCUT2D eigenvalue weighted by Crippen LogP contribution is -2.40. The second-order valence-electron chi connectivity index (χ2n) is 5.55. The summed E-state index contributed by atoms with van der Waals surface area (Å²) in [7, 11) is 1.86. The zero-order valence-electron chi connectivity index (χ0n) is 14.1. The van der Waals surface area contributed by atoms with Crippen molar-refractivity contribution in [3.63, 3.8) is 0 Å². The fraction of sp³-hybridized carbons (Fsp3) is 0.353. The Hall–Kier alpha value is -2.83. The Balaban J connectivity index is 1.89. The highest BCUT2D eigenvalue weighted by molar-refractivity contribution is 6.00. The monoisotopic (exact) mass is 332 g/mol. The number of nitrogens with zero attached hydrogens (tertiary/aromatic N) is 1. The average Bonchev–Trinajstić information content (AvgIpc) is 3.17. The van der Waals surface area contributed by atoms with Gasteiger partial charge < -0.3 is 19.0 Å². The number of aromatic nitrogens is 1. The van der Waals surface area contributed by atoms with E-state index in [4.69, 9.17) is 9.15 Å². The summed E-state index contributed by atoms with van der Waals surface area (Å²) in [5.41, 5.74) is 2.28. The molecule has 1 amide bonds. The zero-order chi connectivity index (χ0) is 17.9. The van der Waals surface area contributed by atoms with Crippen molar-refractivity contribution in [1.29, 1.82) is 0 Å². The van der Waals surface area contributed by atoms with Crippen LogP contribution in [-0.4, -0.2) is 34.9 Å². The number of amides is 1. The summed E-state index contributed by atoms with van der Waals surface area (Å²) in [5, 5.41) is 2.45. The van der Waals surface area contributed by atoms with Gasteiger partial charge in [-0.2, -0.15) is 0 Å². The molecule has 2 rings (SSSR count). The van der Waals surface area contributed by atoms with Gasteiger partial charge in [0.1, 0.15) is 6.04 Å². The van der Waals surface area contributed by atoms with Gasteiger partial charge >= 0.3 is 5.97 Å². The molecule has 2 aromatic rings. The van der Waals surface area contributed by atoms with E-state index < -0.39 is 17.9 Å². The maximum absolute atomic E-state index is 12.2. The summed E-state index contributed by atoms with van der Waals surface area (Å²) < 4.78 is 11.8. The zero-order valence-corrected chi connectivity index (χ0v) is 14.1. The van der Waals surface area contributed by atoms with Crippen molar-refractivity contribution >= 4 is 17.7 Å². The van der Waals surface area contributed by atoms with E-state index in [9.17, 15) is 14.4 Å². The maximum Gasteiger partial charge on any atom is 0.328 e. The highest BCUT2D eigenvalue weighted by atomic mass is 16.5. The van der Waals surface area contributed by atoms with Gasteiger partial charge in [0.25, 0.3) is 5.91 Å². The number of ether oxygens (including phenoxy) is 1. The Bertz CT molecular complexity index is 758. The molecular weight excluding hydrogens is 312 g/mol. The highest BCUT2D eigenvalue weighted by Crippen LogP contribution is 2.14. The number of aryl methyl sites for hydroxylation is 1. The molecule has 24 heavy (non-hydrogen) atoms. The standard InChI is InChI=1S/C17H20N2O5/c1-10-8-13(12(3)19(10)4)14(20)9-24-17(22)11(2)18-16(21)15-6-5-7-23-15/h5-8,11H,9H2,1-4H3,(H,18,21)/t11-/m0/s1. The summed E-state index contributed by atoms with van der Waals surface area (Å²) in [6.45, 7) is 4.83. The molecule has 1 atom stereocenters. The Kier molecular flexibility index (Phi) is 5.23. The minimum absolute atomic E-state index is 0.0983. The number of hydrogen-bond acceptors (Lipinski definition) is 5. The van der Waals surface area contributed by atoms with E-state index >= 15 is 0 Å². The van der Waals surface area contributed by atoms with Gasteiger partial charge in [0.15, 0.2) is 12.4 Å². The fourth-order valence-electron chi connectivity index (χ4n) is 2.21. The summed E-state index contributed by atoms with van der Waals surface area (Å²) in [4.78, 5) is 35.9. The lowest BCUT2D eigenvalue weighted by atomic mass is 10.1. The minimum Gasteiger partial charge on any atom is -0.459 e. The van der Waals surface area contributed by atoms with E-state index in [1.54, 1.807) is 12.1 Å². The number of ketones is 1. The third kappa shape index (κ3) is 3.73. The third-order valence-corrected chi connectivity index (χ3v) is 3.87. The van der Waals surface area contributed by atoms with E-state index in [0.29, 0.717) is 5.56 Å². The van der Waals surface area contributed by atoms with Gasteiger partial charge in [-0.05, 0) is 39.0 Å². The molecular formula is C17H20N2O5. The van der Waals surface area contributed by atoms with Crippen molar-refractivity contribution in [2.75, 3.05) is 6.61 Å². The first-order valence-corrected chi connectivity index (χ1v) is 7.48. The van der Waals surface area contributed by atoms with Gasteiger partial charge in [-0.25, -0.2) is 4.79 Å². The van der Waals surface area contributed by atoms with Crippen molar-refractivity contribution in [1.82, 2.24) is 9.88 Å². The van der Waals surface area contributed by atoms with E-state index in [1.165, 1.54) is 19.3 Å². The Morgan fingerprint density at radius 3 is 2.58 bits per heavy atom. The smallest absolute Gasteiger partial charge is 0.328 e. The van der Waals surface area contributed by atoms with Gasteiger partial charge in [0.05, 0.1) is 6.26 Å². The van der Waals surface area contributed by atoms with Crippen LogP contribution in [0.15, 0.2) is 28.9 Å². The molecule has 0 aliphatic carbocycles. The van der Waals surface area contributed by atoms with E-state index in [-0.39, 0.29) is 18.2 Å². The van der Waals surface area contributed by atoms with Crippen LogP contribution in [0.1, 0.15) is 39.2 Å². The van der Waals surface area contributed by atoms with Crippen LogP contribution in [-0.2, 0) is 16.6 Å². The molecule has 0 aromatic carbocycles. The number of nitrogens with one attached hydrogen (secondary N) is 1. The predicted octanol–water partition coefficient (Wildman–Crippen LogP) is 1.78. The Morgan fingerprint density at radius 2 is 2.04 bits per heavy atom. The molecule has 2 aromatic heterocycles. The van der Waals surface area contributed by atoms with E-state index in [0.717, 1.165) is 11.4 Å². The number of esters is 1. The molecule has 0 radical (unpaired) electrons. The van der Waals surface area contributed by atoms with Gasteiger partial charge in [-0.1, -0.05) is 0 Å². The van der Waals surface area contributed by atoms with Crippen molar-refractivity contribution in [2.45, 2.75) is 26.8 Å². The number of Topliss-reactive ketones (excluding diaryl/α,β-unsaturated/α-hetero) is 1. The van der Waals surface area contributed by atoms with Crippen LogP contribution in [0.2, 0.25) is 0 Å². The average molecular weight is 332 g/mol. The van der Waals surface area contributed by atoms with Crippen LogP contribution in [0.3, 0.4) is 0 Å². The van der Waals surface area contributed by atoms with Crippen LogP contribution in [0.5, 0.6) is 0 Å². The van der Waals surface area contributed by atoms with Crippen LogP contribution in [0.25, 0.3) is 0 Å². The SMILES string of the molecule is Cc1cc(C(=O)COC(=O)[C@H](C)NC(=O)c2ccco2)c(C)n1C. The number of rotatable bonds is 6. The van der Waals surface area contributed by atoms with Gasteiger partial charge in [-0.15, -0.1) is 0 Å². The van der Waals surface area contributed by atoms with Crippen molar-refractivity contribution in [3.8, 4) is 0 Å². The maximum atomic E-state index is 12.2. The van der Waals surface area contributed by atoms with Crippen LogP contribution < -0.4 is 5.32 Å². The second-order valence-corrected chi connectivity index (χ2v) is 5.55. The van der Waals surface area contributed by atoms with Crippen molar-refractivity contribution < 1.29 is 23.5 Å². The van der Waals surface area contributed by atoms with Crippen LogP contribution in [0.4, 0.5) is 0 Å². The number of hydrogen-bond donors (Lipinski definition) is 1. The summed E-state index contributed by atoms with van der Waals surface area (Å²) >= 11 is 0. The molecule has 0 fully saturated rings. The summed E-state index contributed by atoms with van der Waals surface area (Å²) in [5.74, 6) is -1.39. The normalized spacial score (nSPS) is 11.8. The molecule has 2 heterocycles. The molecule has 7 heteroatoms. The number of carbonyl (C=O) groups is 3.